The van der Waals surface area contributed by atoms with Crippen molar-refractivity contribution in [1.29, 1.82) is 0 Å². The number of anilines is 1. The van der Waals surface area contributed by atoms with Crippen LogP contribution >= 0.6 is 35.3 Å². The summed E-state index contributed by atoms with van der Waals surface area (Å²) in [6.45, 7) is 4.26. The first-order valence-corrected chi connectivity index (χ1v) is 11.1. The summed E-state index contributed by atoms with van der Waals surface area (Å²) >= 11 is 1.82. The molecule has 6 nitrogen and oxygen atoms in total. The van der Waals surface area contributed by atoms with Crippen LogP contribution in [-0.2, 0) is 11.3 Å². The van der Waals surface area contributed by atoms with Crippen molar-refractivity contribution in [2.24, 2.45) is 4.99 Å². The quantitative estimate of drug-likeness (QED) is 0.215. The van der Waals surface area contributed by atoms with Gasteiger partial charge < -0.3 is 25.0 Å². The molecule has 30 heavy (non-hydrogen) atoms. The van der Waals surface area contributed by atoms with Gasteiger partial charge in [0.05, 0.1) is 11.6 Å². The van der Waals surface area contributed by atoms with Crippen LogP contribution in [0.1, 0.15) is 24.8 Å². The monoisotopic (exact) mass is 544 g/mol. The Bertz CT molecular complexity index is 749. The van der Waals surface area contributed by atoms with Crippen molar-refractivity contribution in [2.45, 2.75) is 31.8 Å². The second kappa shape index (κ2) is 13.7. The number of benzene rings is 1. The number of nitrogens with one attached hydrogen (secondary N) is 2. The van der Waals surface area contributed by atoms with Gasteiger partial charge in [0.25, 0.3) is 0 Å². The van der Waals surface area contributed by atoms with Gasteiger partial charge in [-0.15, -0.1) is 35.3 Å². The molecule has 1 fully saturated rings. The van der Waals surface area contributed by atoms with Crippen LogP contribution in [-0.4, -0.2) is 52.5 Å². The molecule has 0 radical (unpaired) electrons. The van der Waals surface area contributed by atoms with Gasteiger partial charge in [0.2, 0.25) is 0 Å². The largest absolute Gasteiger partial charge is 0.493 e. The highest BCUT2D eigenvalue weighted by Gasteiger charge is 2.20. The molecule has 0 amide bonds. The van der Waals surface area contributed by atoms with Crippen molar-refractivity contribution in [3.63, 3.8) is 0 Å². The second-order valence-electron chi connectivity index (χ2n) is 7.12. The molecule has 1 aromatic heterocycles. The van der Waals surface area contributed by atoms with Crippen molar-refractivity contribution >= 4 is 46.3 Å². The predicted molar refractivity (Wildman–Crippen MR) is 137 cm³/mol. The van der Waals surface area contributed by atoms with E-state index in [9.17, 15) is 0 Å². The van der Waals surface area contributed by atoms with E-state index >= 15 is 0 Å². The molecule has 0 saturated carbocycles. The van der Waals surface area contributed by atoms with Gasteiger partial charge in [-0.1, -0.05) is 12.1 Å². The molecule has 0 aliphatic carbocycles. The Morgan fingerprint density at radius 2 is 2.03 bits per heavy atom. The van der Waals surface area contributed by atoms with Gasteiger partial charge in [0, 0.05) is 52.9 Å². The average molecular weight is 545 g/mol. The van der Waals surface area contributed by atoms with E-state index in [1.54, 1.807) is 7.11 Å². The zero-order valence-electron chi connectivity index (χ0n) is 17.8. The molecule has 3 rings (SSSR count). The van der Waals surface area contributed by atoms with Gasteiger partial charge in [-0.3, -0.25) is 4.99 Å². The van der Waals surface area contributed by atoms with E-state index < -0.39 is 0 Å². The molecule has 8 heteroatoms. The first-order chi connectivity index (χ1) is 14.3. The summed E-state index contributed by atoms with van der Waals surface area (Å²) in [5.41, 5.74) is 1.17. The molecule has 0 bridgehead atoms. The molecule has 1 aliphatic rings. The van der Waals surface area contributed by atoms with Crippen LogP contribution in [0.4, 0.5) is 5.00 Å². The van der Waals surface area contributed by atoms with Gasteiger partial charge in [-0.25, -0.2) is 0 Å². The van der Waals surface area contributed by atoms with Crippen LogP contribution < -0.4 is 20.3 Å². The molecular formula is C22H33IN4O2S. The lowest BCUT2D eigenvalue weighted by Gasteiger charge is -2.33. The molecule has 0 unspecified atom stereocenters. The fourth-order valence-corrected chi connectivity index (χ4v) is 4.19. The number of halogens is 1. The van der Waals surface area contributed by atoms with E-state index in [0.29, 0.717) is 19.2 Å². The SMILES string of the molecule is CN=C(NCc1cccc(OCCCOC)c1)NC1CCN(c2cccs2)CC1.I. The summed E-state index contributed by atoms with van der Waals surface area (Å²) in [7, 11) is 3.53. The van der Waals surface area contributed by atoms with Gasteiger partial charge in [0.1, 0.15) is 5.75 Å². The summed E-state index contributed by atoms with van der Waals surface area (Å²) in [5.74, 6) is 1.75. The number of ether oxygens (including phenoxy) is 2. The number of hydrogen-bond acceptors (Lipinski definition) is 5. The number of hydrogen-bond donors (Lipinski definition) is 2. The Labute approximate surface area is 201 Å². The number of rotatable bonds is 9. The third-order valence-corrected chi connectivity index (χ3v) is 5.93. The number of nitrogens with zero attached hydrogens (tertiary/aromatic N) is 2. The topological polar surface area (TPSA) is 58.1 Å². The van der Waals surface area contributed by atoms with E-state index in [1.807, 2.05) is 30.5 Å². The van der Waals surface area contributed by atoms with Crippen molar-refractivity contribution in [3.05, 3.63) is 47.3 Å². The fraction of sp³-hybridized carbons (Fsp3) is 0.500. The maximum absolute atomic E-state index is 5.79. The van der Waals surface area contributed by atoms with E-state index in [-0.39, 0.29) is 24.0 Å². The van der Waals surface area contributed by atoms with Crippen LogP contribution in [0, 0.1) is 0 Å². The zero-order chi connectivity index (χ0) is 20.3. The number of thiophene rings is 1. The molecule has 2 heterocycles. The first kappa shape index (κ1) is 24.7. The minimum absolute atomic E-state index is 0. The van der Waals surface area contributed by atoms with Crippen molar-refractivity contribution in [1.82, 2.24) is 10.6 Å². The Morgan fingerprint density at radius 3 is 2.73 bits per heavy atom. The standard InChI is InChI=1S/C22H32N4O2S.HI/c1-23-22(25-19-9-11-26(12-10-19)21-8-4-15-29-21)24-17-18-6-3-7-20(16-18)28-14-5-13-27-2;/h3-4,6-8,15-16,19H,5,9-14,17H2,1-2H3,(H2,23,24,25);1H. The van der Waals surface area contributed by atoms with E-state index in [2.05, 4.69) is 50.2 Å². The lowest BCUT2D eigenvalue weighted by molar-refractivity contribution is 0.172. The highest BCUT2D eigenvalue weighted by Crippen LogP contribution is 2.24. The summed E-state index contributed by atoms with van der Waals surface area (Å²) in [4.78, 5) is 6.87. The van der Waals surface area contributed by atoms with Gasteiger partial charge in [-0.2, -0.15) is 0 Å². The van der Waals surface area contributed by atoms with Crippen LogP contribution in [0.25, 0.3) is 0 Å². The Morgan fingerprint density at radius 1 is 1.20 bits per heavy atom. The fourth-order valence-electron chi connectivity index (χ4n) is 3.41. The second-order valence-corrected chi connectivity index (χ2v) is 8.05. The van der Waals surface area contributed by atoms with Crippen LogP contribution in [0.2, 0.25) is 0 Å². The van der Waals surface area contributed by atoms with Crippen LogP contribution in [0.3, 0.4) is 0 Å². The lowest BCUT2D eigenvalue weighted by atomic mass is 10.1. The highest BCUT2D eigenvalue weighted by atomic mass is 127. The maximum atomic E-state index is 5.79. The summed E-state index contributed by atoms with van der Waals surface area (Å²) in [6.07, 6.45) is 3.12. The summed E-state index contributed by atoms with van der Waals surface area (Å²) in [5, 5.41) is 10.5. The first-order valence-electron chi connectivity index (χ1n) is 10.2. The van der Waals surface area contributed by atoms with Gasteiger partial charge in [0.15, 0.2) is 5.96 Å². The molecule has 0 atom stereocenters. The molecular weight excluding hydrogens is 511 g/mol. The third-order valence-electron chi connectivity index (χ3n) is 5.00. The van der Waals surface area contributed by atoms with Gasteiger partial charge in [-0.05, 0) is 48.1 Å². The summed E-state index contributed by atoms with van der Waals surface area (Å²) < 4.78 is 10.8. The minimum Gasteiger partial charge on any atom is -0.493 e. The van der Waals surface area contributed by atoms with Gasteiger partial charge >= 0.3 is 0 Å². The van der Waals surface area contributed by atoms with E-state index in [0.717, 1.165) is 50.7 Å². The smallest absolute Gasteiger partial charge is 0.191 e. The summed E-state index contributed by atoms with van der Waals surface area (Å²) in [6, 6.07) is 13.0. The molecule has 0 spiro atoms. The van der Waals surface area contributed by atoms with Crippen molar-refractivity contribution < 1.29 is 9.47 Å². The normalized spacial score (nSPS) is 14.9. The predicted octanol–water partition coefficient (Wildman–Crippen LogP) is 4.12. The lowest BCUT2D eigenvalue weighted by Crippen LogP contribution is -2.48. The number of aliphatic imine (C=N–C) groups is 1. The minimum atomic E-state index is 0. The van der Waals surface area contributed by atoms with Crippen molar-refractivity contribution in [2.75, 3.05) is 45.4 Å². The number of guanidine groups is 1. The molecule has 1 saturated heterocycles. The van der Waals surface area contributed by atoms with Crippen LogP contribution in [0.15, 0.2) is 46.8 Å². The third kappa shape index (κ3) is 7.96. The average Bonchev–Trinajstić information content (AvgIpc) is 3.30. The molecule has 1 aromatic carbocycles. The highest BCUT2D eigenvalue weighted by molar-refractivity contribution is 14.0. The molecule has 2 N–H and O–H groups in total. The maximum Gasteiger partial charge on any atom is 0.191 e. The molecule has 166 valence electrons. The van der Waals surface area contributed by atoms with Crippen molar-refractivity contribution in [3.8, 4) is 5.75 Å². The number of methoxy groups -OCH3 is 1. The Balaban J connectivity index is 0.00000320. The van der Waals surface area contributed by atoms with E-state index in [1.165, 1.54) is 10.6 Å². The molecule has 1 aliphatic heterocycles. The molecule has 2 aromatic rings. The Kier molecular flexibility index (Phi) is 11.3. The van der Waals surface area contributed by atoms with Crippen LogP contribution in [0.5, 0.6) is 5.75 Å². The van der Waals surface area contributed by atoms with E-state index in [4.69, 9.17) is 9.47 Å². The number of piperidine rings is 1. The Hall–Kier alpha value is -1.52. The zero-order valence-corrected chi connectivity index (χ0v) is 20.9.